The molecule has 0 amide bonds. The smallest absolute Gasteiger partial charge is 0.271 e. The van der Waals surface area contributed by atoms with Gasteiger partial charge in [0.25, 0.3) is 5.69 Å². The topological polar surface area (TPSA) is 75.4 Å². The molecule has 0 aliphatic heterocycles. The van der Waals surface area contributed by atoms with Gasteiger partial charge in [-0.05, 0) is 18.9 Å². The first-order valence-corrected chi connectivity index (χ1v) is 6.02. The molecule has 5 heteroatoms. The van der Waals surface area contributed by atoms with Gasteiger partial charge in [0.2, 0.25) is 0 Å². The van der Waals surface area contributed by atoms with Crippen LogP contribution >= 0.6 is 0 Å². The van der Waals surface area contributed by atoms with Gasteiger partial charge in [0, 0.05) is 29.3 Å². The highest BCUT2D eigenvalue weighted by atomic mass is 16.6. The number of rotatable bonds is 3. The van der Waals surface area contributed by atoms with Crippen LogP contribution < -0.4 is 5.32 Å². The van der Waals surface area contributed by atoms with Crippen LogP contribution in [0, 0.1) is 22.5 Å². The summed E-state index contributed by atoms with van der Waals surface area (Å²) in [6, 6.07) is 4.94. The van der Waals surface area contributed by atoms with E-state index in [4.69, 9.17) is 0 Å². The van der Waals surface area contributed by atoms with Gasteiger partial charge < -0.3 is 10.4 Å². The standard InChI is InChI=1S/C13H18N2O3/c1-8-4-5-9(15(17)18)6-10(8)14-11-7-12(16)13(11,2)3/h4-6,11-12,14,16H,7H2,1-3H3. The zero-order valence-corrected chi connectivity index (χ0v) is 10.8. The third-order valence-electron chi connectivity index (χ3n) is 3.98. The van der Waals surface area contributed by atoms with Gasteiger partial charge in [-0.2, -0.15) is 0 Å². The van der Waals surface area contributed by atoms with Crippen LogP contribution in [0.1, 0.15) is 25.8 Å². The number of hydrogen-bond donors (Lipinski definition) is 2. The quantitative estimate of drug-likeness (QED) is 0.638. The molecule has 2 rings (SSSR count). The van der Waals surface area contributed by atoms with Crippen molar-refractivity contribution in [3.05, 3.63) is 33.9 Å². The Bertz CT molecular complexity index is 485. The monoisotopic (exact) mass is 250 g/mol. The van der Waals surface area contributed by atoms with E-state index in [0.717, 1.165) is 11.3 Å². The number of nitrogens with zero attached hydrogens (tertiary/aromatic N) is 1. The maximum Gasteiger partial charge on any atom is 0.271 e. The van der Waals surface area contributed by atoms with E-state index in [2.05, 4.69) is 5.32 Å². The highest BCUT2D eigenvalue weighted by Crippen LogP contribution is 2.42. The number of aliphatic hydroxyl groups is 1. The summed E-state index contributed by atoms with van der Waals surface area (Å²) in [5, 5.41) is 23.7. The second-order valence-electron chi connectivity index (χ2n) is 5.53. The molecule has 1 aromatic carbocycles. The fourth-order valence-corrected chi connectivity index (χ4v) is 2.21. The van der Waals surface area contributed by atoms with E-state index in [0.29, 0.717) is 6.42 Å². The molecule has 0 heterocycles. The molecule has 1 aliphatic carbocycles. The minimum atomic E-state index is -0.397. The summed E-state index contributed by atoms with van der Waals surface area (Å²) < 4.78 is 0. The number of aliphatic hydroxyl groups excluding tert-OH is 1. The summed E-state index contributed by atoms with van der Waals surface area (Å²) >= 11 is 0. The van der Waals surface area contributed by atoms with Crippen LogP contribution in [-0.4, -0.2) is 22.2 Å². The van der Waals surface area contributed by atoms with Crippen molar-refractivity contribution in [1.82, 2.24) is 0 Å². The molecule has 1 saturated carbocycles. The third-order valence-corrected chi connectivity index (χ3v) is 3.98. The minimum Gasteiger partial charge on any atom is -0.392 e. The summed E-state index contributed by atoms with van der Waals surface area (Å²) in [4.78, 5) is 10.4. The molecule has 18 heavy (non-hydrogen) atoms. The molecule has 2 N–H and O–H groups in total. The number of benzene rings is 1. The van der Waals surface area contributed by atoms with Crippen LogP contribution in [-0.2, 0) is 0 Å². The Balaban J connectivity index is 2.19. The fourth-order valence-electron chi connectivity index (χ4n) is 2.21. The molecule has 0 saturated heterocycles. The number of hydrogen-bond acceptors (Lipinski definition) is 4. The van der Waals surface area contributed by atoms with Crippen molar-refractivity contribution in [3.63, 3.8) is 0 Å². The molecular formula is C13H18N2O3. The molecule has 1 fully saturated rings. The lowest BCUT2D eigenvalue weighted by Crippen LogP contribution is -2.56. The summed E-state index contributed by atoms with van der Waals surface area (Å²) in [6.45, 7) is 5.89. The summed E-state index contributed by atoms with van der Waals surface area (Å²) in [7, 11) is 0. The summed E-state index contributed by atoms with van der Waals surface area (Å²) in [5.74, 6) is 0. The average molecular weight is 250 g/mol. The zero-order valence-electron chi connectivity index (χ0n) is 10.8. The van der Waals surface area contributed by atoms with Gasteiger partial charge in [0.1, 0.15) is 0 Å². The van der Waals surface area contributed by atoms with Gasteiger partial charge in [-0.25, -0.2) is 0 Å². The maximum absolute atomic E-state index is 10.8. The molecule has 0 radical (unpaired) electrons. The summed E-state index contributed by atoms with van der Waals surface area (Å²) in [6.07, 6.45) is 0.365. The number of anilines is 1. The number of nitro groups is 1. The molecule has 0 aromatic heterocycles. The van der Waals surface area contributed by atoms with Crippen LogP contribution in [0.2, 0.25) is 0 Å². The first-order chi connectivity index (χ1) is 8.32. The minimum absolute atomic E-state index is 0.0841. The third kappa shape index (κ3) is 2.06. The van der Waals surface area contributed by atoms with Gasteiger partial charge in [0.15, 0.2) is 0 Å². The summed E-state index contributed by atoms with van der Waals surface area (Å²) in [5.41, 5.74) is 1.63. The van der Waals surface area contributed by atoms with E-state index < -0.39 is 4.92 Å². The average Bonchev–Trinajstić information content (AvgIpc) is 2.30. The van der Waals surface area contributed by atoms with Crippen LogP contribution in [0.25, 0.3) is 0 Å². The van der Waals surface area contributed by atoms with Crippen molar-refractivity contribution in [2.45, 2.75) is 39.3 Å². The zero-order chi connectivity index (χ0) is 13.5. The molecule has 0 spiro atoms. The van der Waals surface area contributed by atoms with Crippen LogP contribution in [0.3, 0.4) is 0 Å². The molecule has 5 nitrogen and oxygen atoms in total. The van der Waals surface area contributed by atoms with E-state index in [-0.39, 0.29) is 23.2 Å². The van der Waals surface area contributed by atoms with Gasteiger partial charge >= 0.3 is 0 Å². The highest BCUT2D eigenvalue weighted by Gasteiger charge is 2.47. The van der Waals surface area contributed by atoms with Gasteiger partial charge in [0.05, 0.1) is 11.0 Å². The van der Waals surface area contributed by atoms with Gasteiger partial charge in [-0.3, -0.25) is 10.1 Å². The molecule has 2 atom stereocenters. The Morgan fingerprint density at radius 1 is 1.50 bits per heavy atom. The van der Waals surface area contributed by atoms with Crippen LogP contribution in [0.4, 0.5) is 11.4 Å². The Kier molecular flexibility index (Phi) is 3.02. The van der Waals surface area contributed by atoms with Crippen LogP contribution in [0.5, 0.6) is 0 Å². The lowest BCUT2D eigenvalue weighted by atomic mass is 9.64. The number of nitro benzene ring substituents is 1. The largest absolute Gasteiger partial charge is 0.392 e. The van der Waals surface area contributed by atoms with Crippen molar-refractivity contribution in [2.24, 2.45) is 5.41 Å². The highest BCUT2D eigenvalue weighted by molar-refractivity contribution is 5.57. The first kappa shape index (κ1) is 12.8. The molecule has 0 bridgehead atoms. The number of nitrogens with one attached hydrogen (secondary N) is 1. The van der Waals surface area contributed by atoms with Crippen molar-refractivity contribution in [1.29, 1.82) is 0 Å². The predicted octanol–water partition coefficient (Wildman–Crippen LogP) is 2.47. The van der Waals surface area contributed by atoms with Gasteiger partial charge in [-0.1, -0.05) is 19.9 Å². The predicted molar refractivity (Wildman–Crippen MR) is 69.6 cm³/mol. The lowest BCUT2D eigenvalue weighted by Gasteiger charge is -2.50. The Morgan fingerprint density at radius 2 is 2.17 bits per heavy atom. The number of aryl methyl sites for hydroxylation is 1. The van der Waals surface area contributed by atoms with E-state index in [1.54, 1.807) is 12.1 Å². The normalized spacial score (nSPS) is 25.3. The van der Waals surface area contributed by atoms with Gasteiger partial charge in [-0.15, -0.1) is 0 Å². The van der Waals surface area contributed by atoms with Crippen molar-refractivity contribution >= 4 is 11.4 Å². The number of non-ortho nitro benzene ring substituents is 1. The fraction of sp³-hybridized carbons (Fsp3) is 0.538. The van der Waals surface area contributed by atoms with Crippen molar-refractivity contribution in [2.75, 3.05) is 5.32 Å². The Hall–Kier alpha value is -1.62. The van der Waals surface area contributed by atoms with E-state index in [1.165, 1.54) is 6.07 Å². The SMILES string of the molecule is Cc1ccc([N+](=O)[O-])cc1NC1CC(O)C1(C)C. The second-order valence-corrected chi connectivity index (χ2v) is 5.53. The molecule has 1 aliphatic rings. The molecule has 2 unspecified atom stereocenters. The molecular weight excluding hydrogens is 232 g/mol. The lowest BCUT2D eigenvalue weighted by molar-refractivity contribution is -0.384. The Morgan fingerprint density at radius 3 is 2.67 bits per heavy atom. The molecule has 98 valence electrons. The maximum atomic E-state index is 10.8. The Labute approximate surface area is 106 Å². The first-order valence-electron chi connectivity index (χ1n) is 6.02. The van der Waals surface area contributed by atoms with E-state index in [9.17, 15) is 15.2 Å². The molecule has 1 aromatic rings. The van der Waals surface area contributed by atoms with Crippen molar-refractivity contribution in [3.8, 4) is 0 Å². The van der Waals surface area contributed by atoms with Crippen LogP contribution in [0.15, 0.2) is 18.2 Å². The van der Waals surface area contributed by atoms with Crippen molar-refractivity contribution < 1.29 is 10.0 Å². The second kappa shape index (κ2) is 4.24. The van der Waals surface area contributed by atoms with E-state index in [1.807, 2.05) is 20.8 Å². The van der Waals surface area contributed by atoms with E-state index >= 15 is 0 Å².